The lowest BCUT2D eigenvalue weighted by Crippen LogP contribution is -2.67. The van der Waals surface area contributed by atoms with Crippen LogP contribution in [0.1, 0.15) is 20.8 Å². The highest BCUT2D eigenvalue weighted by Crippen LogP contribution is 2.72. The fraction of sp³-hybridized carbons (Fsp3) is 0.345. The summed E-state index contributed by atoms with van der Waals surface area (Å²) in [7, 11) is 0. The van der Waals surface area contributed by atoms with Crippen LogP contribution in [0.25, 0.3) is 0 Å². The third-order valence-corrected chi connectivity index (χ3v) is 11.0. The molecule has 3 fully saturated rings. The number of carbonyl (C=O) groups excluding carboxylic acids is 5. The number of hydrogen-bond acceptors (Lipinski definition) is 6. The van der Waals surface area contributed by atoms with E-state index in [0.717, 1.165) is 9.80 Å². The smallest absolute Gasteiger partial charge is 0.334 e. The number of nitrogens with zero attached hydrogens (tertiary/aromatic N) is 2. The van der Waals surface area contributed by atoms with Crippen molar-refractivity contribution in [3.63, 3.8) is 0 Å². The highest BCUT2D eigenvalue weighted by atomic mass is 79.9. The standard InChI is InChI=1S/C29H23BrCl2N2O6/c1-4-40-27(39)18-13(2)29(30)21-19(23(35)33(25(21)37)16-9-5-14(31)6-10-16)28(18,3)20-22(29)26(38)34(24(20)36)17-11-7-15(32)8-12-17/h5-12,19-22H,4H2,1-3H3/t19-,20-,21-,22+,28?,29?/m0/s1. The number of imide groups is 2. The summed E-state index contributed by atoms with van der Waals surface area (Å²) in [5, 5.41) is 0.860. The number of allylic oxidation sites excluding steroid dienone is 1. The van der Waals surface area contributed by atoms with Crippen LogP contribution in [0.3, 0.4) is 0 Å². The Labute approximate surface area is 248 Å². The molecule has 2 heterocycles. The maximum atomic E-state index is 14.2. The highest BCUT2D eigenvalue weighted by molar-refractivity contribution is 9.10. The number of halogens is 3. The zero-order valence-corrected chi connectivity index (χ0v) is 24.7. The third-order valence-electron chi connectivity index (χ3n) is 8.95. The summed E-state index contributed by atoms with van der Waals surface area (Å²) in [5.74, 6) is -7.16. The van der Waals surface area contributed by atoms with Crippen molar-refractivity contribution in [2.75, 3.05) is 16.4 Å². The van der Waals surface area contributed by atoms with Crippen molar-refractivity contribution in [3.05, 3.63) is 69.7 Å². The van der Waals surface area contributed by atoms with Crippen molar-refractivity contribution in [1.82, 2.24) is 0 Å². The van der Waals surface area contributed by atoms with E-state index in [4.69, 9.17) is 27.9 Å². The summed E-state index contributed by atoms with van der Waals surface area (Å²) >= 11 is 15.8. The van der Waals surface area contributed by atoms with Gasteiger partial charge in [0, 0.05) is 21.0 Å². The van der Waals surface area contributed by atoms with Crippen molar-refractivity contribution in [3.8, 4) is 0 Å². The minimum absolute atomic E-state index is 0.0662. The first-order chi connectivity index (χ1) is 18.9. The Morgan fingerprint density at radius 3 is 1.55 bits per heavy atom. The van der Waals surface area contributed by atoms with Crippen LogP contribution in [0.2, 0.25) is 10.0 Å². The number of benzene rings is 2. The molecule has 2 unspecified atom stereocenters. The zero-order chi connectivity index (χ0) is 28.9. The minimum atomic E-state index is -1.51. The van der Waals surface area contributed by atoms with Gasteiger partial charge in [-0.05, 0) is 68.0 Å². The first-order valence-electron chi connectivity index (χ1n) is 12.7. The number of esters is 1. The minimum Gasteiger partial charge on any atom is -0.463 e. The van der Waals surface area contributed by atoms with Gasteiger partial charge in [0.2, 0.25) is 23.6 Å². The van der Waals surface area contributed by atoms with Gasteiger partial charge in [-0.1, -0.05) is 46.1 Å². The Hall–Kier alpha value is -3.01. The molecular formula is C29H23BrCl2N2O6. The summed E-state index contributed by atoms with van der Waals surface area (Å²) in [6.45, 7) is 5.02. The zero-order valence-electron chi connectivity index (χ0n) is 21.6. The van der Waals surface area contributed by atoms with Crippen molar-refractivity contribution >= 4 is 80.1 Å². The van der Waals surface area contributed by atoms with E-state index in [9.17, 15) is 24.0 Å². The number of alkyl halides is 1. The number of rotatable bonds is 4. The molecule has 206 valence electrons. The summed E-state index contributed by atoms with van der Waals surface area (Å²) < 4.78 is 3.92. The first kappa shape index (κ1) is 27.2. The van der Waals surface area contributed by atoms with E-state index in [0.29, 0.717) is 27.0 Å². The van der Waals surface area contributed by atoms with Crippen LogP contribution < -0.4 is 9.80 Å². The molecule has 2 bridgehead atoms. The molecule has 0 N–H and O–H groups in total. The lowest BCUT2D eigenvalue weighted by molar-refractivity contribution is -0.152. The second-order valence-corrected chi connectivity index (χ2v) is 12.8. The maximum absolute atomic E-state index is 14.2. The molecule has 4 amide bonds. The van der Waals surface area contributed by atoms with Crippen molar-refractivity contribution < 1.29 is 28.7 Å². The monoisotopic (exact) mass is 644 g/mol. The lowest BCUT2D eigenvalue weighted by atomic mass is 9.43. The van der Waals surface area contributed by atoms with Crippen LogP contribution in [0.4, 0.5) is 11.4 Å². The van der Waals surface area contributed by atoms with Gasteiger partial charge >= 0.3 is 5.97 Å². The van der Waals surface area contributed by atoms with E-state index in [1.807, 2.05) is 0 Å². The van der Waals surface area contributed by atoms with E-state index >= 15 is 0 Å². The van der Waals surface area contributed by atoms with Gasteiger partial charge in [-0.3, -0.25) is 19.2 Å². The highest BCUT2D eigenvalue weighted by Gasteiger charge is 2.81. The molecule has 0 aromatic heterocycles. The van der Waals surface area contributed by atoms with Crippen LogP contribution in [-0.2, 0) is 28.7 Å². The number of ether oxygens (including phenoxy) is 1. The molecule has 0 spiro atoms. The number of amides is 4. The third kappa shape index (κ3) is 3.22. The van der Waals surface area contributed by atoms with Gasteiger partial charge in [0.25, 0.3) is 0 Å². The SMILES string of the molecule is CCOC(=O)C1=C(C)C2(Br)[C@@H]3C(=O)N(c4ccc(Cl)cc4)C(=O)[C@H]3C1(C)[C@@H]1C(=O)N(c3ccc(Cl)cc3)C(=O)[C@@H]12. The van der Waals surface area contributed by atoms with E-state index in [1.165, 1.54) is 0 Å². The van der Waals surface area contributed by atoms with Gasteiger partial charge in [0.1, 0.15) is 0 Å². The molecular weight excluding hydrogens is 623 g/mol. The molecule has 2 aromatic carbocycles. The van der Waals surface area contributed by atoms with E-state index < -0.39 is 63.0 Å². The van der Waals surface area contributed by atoms with E-state index in [-0.39, 0.29) is 12.2 Å². The summed E-state index contributed by atoms with van der Waals surface area (Å²) in [6, 6.07) is 12.5. The Bertz CT molecular complexity index is 1460. The maximum Gasteiger partial charge on any atom is 0.334 e. The van der Waals surface area contributed by atoms with Gasteiger partial charge in [0.05, 0.1) is 46.0 Å². The normalized spacial score (nSPS) is 32.6. The lowest BCUT2D eigenvalue weighted by Gasteiger charge is -2.59. The van der Waals surface area contributed by atoms with Crippen LogP contribution in [0.5, 0.6) is 0 Å². The molecule has 0 radical (unpaired) electrons. The summed E-state index contributed by atoms with van der Waals surface area (Å²) in [4.78, 5) is 72.5. The summed E-state index contributed by atoms with van der Waals surface area (Å²) in [6.07, 6.45) is 0. The van der Waals surface area contributed by atoms with Crippen LogP contribution in [-0.4, -0.2) is 40.5 Å². The average molecular weight is 646 g/mol. The van der Waals surface area contributed by atoms with Gasteiger partial charge in [-0.25, -0.2) is 14.6 Å². The molecule has 7 rings (SSSR count). The summed E-state index contributed by atoms with van der Waals surface area (Å²) in [5.41, 5.74) is -0.327. The molecule has 1 saturated carbocycles. The number of hydrogen-bond donors (Lipinski definition) is 0. The molecule has 2 aromatic rings. The predicted molar refractivity (Wildman–Crippen MR) is 151 cm³/mol. The van der Waals surface area contributed by atoms with Gasteiger partial charge in [0.15, 0.2) is 0 Å². The van der Waals surface area contributed by atoms with Crippen molar-refractivity contribution in [2.45, 2.75) is 25.1 Å². The Morgan fingerprint density at radius 2 is 1.18 bits per heavy atom. The first-order valence-corrected chi connectivity index (χ1v) is 14.3. The van der Waals surface area contributed by atoms with Crippen molar-refractivity contribution in [1.29, 1.82) is 0 Å². The van der Waals surface area contributed by atoms with Gasteiger partial charge < -0.3 is 4.74 Å². The Kier molecular flexibility index (Phi) is 6.11. The van der Waals surface area contributed by atoms with E-state index in [2.05, 4.69) is 15.9 Å². The van der Waals surface area contributed by atoms with E-state index in [1.54, 1.807) is 69.3 Å². The molecule has 8 nitrogen and oxygen atoms in total. The number of anilines is 2. The molecule has 2 aliphatic heterocycles. The molecule has 6 atom stereocenters. The molecule has 40 heavy (non-hydrogen) atoms. The fourth-order valence-electron chi connectivity index (χ4n) is 7.42. The molecule has 2 saturated heterocycles. The van der Waals surface area contributed by atoms with Crippen LogP contribution in [0, 0.1) is 29.1 Å². The predicted octanol–water partition coefficient (Wildman–Crippen LogP) is 4.95. The van der Waals surface area contributed by atoms with Gasteiger partial charge in [-0.2, -0.15) is 0 Å². The van der Waals surface area contributed by atoms with Crippen LogP contribution in [0.15, 0.2) is 59.7 Å². The van der Waals surface area contributed by atoms with Gasteiger partial charge in [-0.15, -0.1) is 0 Å². The second-order valence-electron chi connectivity index (χ2n) is 10.7. The largest absolute Gasteiger partial charge is 0.463 e. The molecule has 5 aliphatic rings. The number of carbonyl (C=O) groups is 5. The Morgan fingerprint density at radius 1 is 0.800 bits per heavy atom. The van der Waals surface area contributed by atoms with Crippen molar-refractivity contribution in [2.24, 2.45) is 29.1 Å². The Balaban J connectivity index is 1.58. The molecule has 11 heteroatoms. The molecule has 3 aliphatic carbocycles. The second kappa shape index (κ2) is 8.99. The average Bonchev–Trinajstić information content (AvgIpc) is 3.34. The topological polar surface area (TPSA) is 101 Å². The van der Waals surface area contributed by atoms with Crippen LogP contribution >= 0.6 is 39.1 Å². The fourth-order valence-corrected chi connectivity index (χ4v) is 8.79. The quantitative estimate of drug-likeness (QED) is 0.265.